The molecule has 0 aliphatic carbocycles. The summed E-state index contributed by atoms with van der Waals surface area (Å²) in [5.74, 6) is 0.491. The maximum atomic E-state index is 5.71. The van der Waals surface area contributed by atoms with Crippen molar-refractivity contribution >= 4 is 27.8 Å². The van der Waals surface area contributed by atoms with Gasteiger partial charge in [0.05, 0.1) is 11.2 Å². The van der Waals surface area contributed by atoms with Crippen molar-refractivity contribution in [1.82, 2.24) is 19.9 Å². The number of nitrogens with zero attached hydrogens (tertiary/aromatic N) is 3. The number of H-pyrrole nitrogens is 1. The summed E-state index contributed by atoms with van der Waals surface area (Å²) in [5.41, 5.74) is 9.42. The van der Waals surface area contributed by atoms with Gasteiger partial charge in [0.1, 0.15) is 11.5 Å². The number of pyridine rings is 3. The molecule has 0 saturated heterocycles. The lowest BCUT2D eigenvalue weighted by atomic mass is 10.1. The number of nitrogens with two attached hydrogens (primary N) is 1. The highest BCUT2D eigenvalue weighted by atomic mass is 14.9. The van der Waals surface area contributed by atoms with Gasteiger partial charge < -0.3 is 10.7 Å². The monoisotopic (exact) mass is 261 g/mol. The summed E-state index contributed by atoms with van der Waals surface area (Å²) in [6.45, 7) is 0. The summed E-state index contributed by atoms with van der Waals surface area (Å²) in [7, 11) is 0. The van der Waals surface area contributed by atoms with Crippen LogP contribution in [0.3, 0.4) is 0 Å². The molecule has 0 atom stereocenters. The third-order valence-electron chi connectivity index (χ3n) is 3.34. The lowest BCUT2D eigenvalue weighted by molar-refractivity contribution is 1.30. The van der Waals surface area contributed by atoms with Crippen LogP contribution in [-0.4, -0.2) is 19.9 Å². The van der Waals surface area contributed by atoms with Gasteiger partial charge in [0.2, 0.25) is 0 Å². The topological polar surface area (TPSA) is 80.5 Å². The number of aromatic amines is 1. The van der Waals surface area contributed by atoms with E-state index < -0.39 is 0 Å². The first-order valence-corrected chi connectivity index (χ1v) is 6.25. The number of rotatable bonds is 1. The molecule has 0 unspecified atom stereocenters. The minimum absolute atomic E-state index is 0.491. The van der Waals surface area contributed by atoms with Gasteiger partial charge in [-0.1, -0.05) is 0 Å². The number of aromatic nitrogens is 4. The Labute approximate surface area is 114 Å². The molecule has 20 heavy (non-hydrogen) atoms. The average Bonchev–Trinajstić information content (AvgIpc) is 2.85. The van der Waals surface area contributed by atoms with Crippen LogP contribution >= 0.6 is 0 Å². The SMILES string of the molecule is Nc1cc(-c2ccc3c(n2)[nH]c2ccncc23)ccn1. The zero-order valence-corrected chi connectivity index (χ0v) is 10.5. The van der Waals surface area contributed by atoms with E-state index in [-0.39, 0.29) is 0 Å². The number of hydrogen-bond acceptors (Lipinski definition) is 4. The highest BCUT2D eigenvalue weighted by Crippen LogP contribution is 2.26. The Bertz CT molecular complexity index is 926. The molecule has 0 fully saturated rings. The average molecular weight is 261 g/mol. The molecule has 5 nitrogen and oxygen atoms in total. The fraction of sp³-hybridized carbons (Fsp3) is 0. The van der Waals surface area contributed by atoms with Gasteiger partial charge in [-0.3, -0.25) is 4.98 Å². The van der Waals surface area contributed by atoms with E-state index in [0.29, 0.717) is 5.82 Å². The van der Waals surface area contributed by atoms with Gasteiger partial charge in [0.15, 0.2) is 0 Å². The first kappa shape index (κ1) is 10.9. The predicted molar refractivity (Wildman–Crippen MR) is 79.0 cm³/mol. The molecule has 0 aromatic carbocycles. The van der Waals surface area contributed by atoms with E-state index in [1.54, 1.807) is 12.4 Å². The van der Waals surface area contributed by atoms with Crippen LogP contribution in [0.25, 0.3) is 33.2 Å². The summed E-state index contributed by atoms with van der Waals surface area (Å²) in [6.07, 6.45) is 5.30. The number of anilines is 1. The predicted octanol–water partition coefficient (Wildman–Crippen LogP) is 2.76. The van der Waals surface area contributed by atoms with Crippen molar-refractivity contribution in [2.45, 2.75) is 0 Å². The van der Waals surface area contributed by atoms with Crippen molar-refractivity contribution in [3.05, 3.63) is 48.9 Å². The van der Waals surface area contributed by atoms with Crippen LogP contribution in [0, 0.1) is 0 Å². The number of fused-ring (bicyclic) bond motifs is 3. The molecule has 96 valence electrons. The molecular formula is C15H11N5. The smallest absolute Gasteiger partial charge is 0.139 e. The lowest BCUT2D eigenvalue weighted by Gasteiger charge is -2.01. The second-order valence-electron chi connectivity index (χ2n) is 4.61. The molecule has 0 spiro atoms. The largest absolute Gasteiger partial charge is 0.384 e. The Morgan fingerprint density at radius 1 is 1.00 bits per heavy atom. The van der Waals surface area contributed by atoms with E-state index in [2.05, 4.69) is 26.0 Å². The molecule has 0 bridgehead atoms. The molecule has 5 heteroatoms. The molecule has 3 N–H and O–H groups in total. The summed E-state index contributed by atoms with van der Waals surface area (Å²) in [4.78, 5) is 16.1. The van der Waals surface area contributed by atoms with Crippen LogP contribution in [0.2, 0.25) is 0 Å². The molecule has 0 aliphatic heterocycles. The van der Waals surface area contributed by atoms with E-state index in [1.807, 2.05) is 30.5 Å². The van der Waals surface area contributed by atoms with Crippen LogP contribution < -0.4 is 5.73 Å². The van der Waals surface area contributed by atoms with E-state index in [9.17, 15) is 0 Å². The molecule has 0 amide bonds. The third-order valence-corrected chi connectivity index (χ3v) is 3.34. The van der Waals surface area contributed by atoms with E-state index in [0.717, 1.165) is 33.2 Å². The van der Waals surface area contributed by atoms with Gasteiger partial charge in [-0.05, 0) is 30.3 Å². The molecule has 4 heterocycles. The zero-order chi connectivity index (χ0) is 13.5. The molecular weight excluding hydrogens is 250 g/mol. The van der Waals surface area contributed by atoms with Crippen molar-refractivity contribution in [2.75, 3.05) is 5.73 Å². The standard InChI is InChI=1S/C15H11N5/c16-14-7-9(3-6-18-14)12-2-1-10-11-8-17-5-4-13(11)20-15(10)19-12/h1-8H,(H2,16,18)(H,19,20). The Hall–Kier alpha value is -2.95. The quantitative estimate of drug-likeness (QED) is 0.552. The normalized spacial score (nSPS) is 11.2. The summed E-state index contributed by atoms with van der Waals surface area (Å²) in [5, 5.41) is 2.15. The van der Waals surface area contributed by atoms with Gasteiger partial charge in [-0.2, -0.15) is 0 Å². The van der Waals surface area contributed by atoms with Gasteiger partial charge in [0.25, 0.3) is 0 Å². The maximum absolute atomic E-state index is 5.71. The molecule has 0 radical (unpaired) electrons. The van der Waals surface area contributed by atoms with E-state index in [4.69, 9.17) is 5.73 Å². The highest BCUT2D eigenvalue weighted by molar-refractivity contribution is 6.05. The number of nitrogens with one attached hydrogen (secondary N) is 1. The van der Waals surface area contributed by atoms with E-state index >= 15 is 0 Å². The number of nitrogen functional groups attached to an aromatic ring is 1. The first-order valence-electron chi connectivity index (χ1n) is 6.25. The Morgan fingerprint density at radius 2 is 1.95 bits per heavy atom. The molecule has 4 aromatic rings. The second-order valence-corrected chi connectivity index (χ2v) is 4.61. The Morgan fingerprint density at radius 3 is 2.85 bits per heavy atom. The molecule has 4 rings (SSSR count). The van der Waals surface area contributed by atoms with Gasteiger partial charge in [-0.15, -0.1) is 0 Å². The molecule has 0 aliphatic rings. The van der Waals surface area contributed by atoms with Gasteiger partial charge >= 0.3 is 0 Å². The van der Waals surface area contributed by atoms with Crippen molar-refractivity contribution < 1.29 is 0 Å². The van der Waals surface area contributed by atoms with Crippen molar-refractivity contribution in [3.8, 4) is 11.3 Å². The van der Waals surface area contributed by atoms with Crippen LogP contribution in [0.1, 0.15) is 0 Å². The van der Waals surface area contributed by atoms with E-state index in [1.165, 1.54) is 0 Å². The Kier molecular flexibility index (Phi) is 2.20. The van der Waals surface area contributed by atoms with Crippen LogP contribution in [0.15, 0.2) is 48.9 Å². The zero-order valence-electron chi connectivity index (χ0n) is 10.5. The summed E-state index contributed by atoms with van der Waals surface area (Å²) < 4.78 is 0. The van der Waals surface area contributed by atoms with Crippen LogP contribution in [0.4, 0.5) is 5.82 Å². The van der Waals surface area contributed by atoms with Crippen molar-refractivity contribution in [2.24, 2.45) is 0 Å². The van der Waals surface area contributed by atoms with Crippen molar-refractivity contribution in [1.29, 1.82) is 0 Å². The second kappa shape index (κ2) is 4.03. The Balaban J connectivity index is 1.97. The van der Waals surface area contributed by atoms with Gasteiger partial charge in [0, 0.05) is 34.9 Å². The molecule has 4 aromatic heterocycles. The third kappa shape index (κ3) is 1.60. The van der Waals surface area contributed by atoms with Crippen LogP contribution in [0.5, 0.6) is 0 Å². The minimum atomic E-state index is 0.491. The fourth-order valence-electron chi connectivity index (χ4n) is 2.39. The fourth-order valence-corrected chi connectivity index (χ4v) is 2.39. The highest BCUT2D eigenvalue weighted by Gasteiger charge is 2.07. The van der Waals surface area contributed by atoms with Crippen molar-refractivity contribution in [3.63, 3.8) is 0 Å². The molecule has 0 saturated carbocycles. The summed E-state index contributed by atoms with van der Waals surface area (Å²) >= 11 is 0. The van der Waals surface area contributed by atoms with Gasteiger partial charge in [-0.25, -0.2) is 9.97 Å². The summed E-state index contributed by atoms with van der Waals surface area (Å²) in [6, 6.07) is 9.69. The lowest BCUT2D eigenvalue weighted by Crippen LogP contribution is -1.91. The number of hydrogen-bond donors (Lipinski definition) is 2. The maximum Gasteiger partial charge on any atom is 0.139 e. The van der Waals surface area contributed by atoms with Crippen LogP contribution in [-0.2, 0) is 0 Å². The minimum Gasteiger partial charge on any atom is -0.384 e. The first-order chi connectivity index (χ1) is 9.81.